The summed E-state index contributed by atoms with van der Waals surface area (Å²) >= 11 is 0. The zero-order valence-corrected chi connectivity index (χ0v) is 9.80. The first-order valence-electron chi connectivity index (χ1n) is 5.58. The predicted octanol–water partition coefficient (Wildman–Crippen LogP) is 1.12. The summed E-state index contributed by atoms with van der Waals surface area (Å²) in [5, 5.41) is 10.7. The zero-order chi connectivity index (χ0) is 10.9. The van der Waals surface area contributed by atoms with Gasteiger partial charge in [-0.15, -0.1) is 0 Å². The van der Waals surface area contributed by atoms with Crippen molar-refractivity contribution in [1.29, 1.82) is 0 Å². The highest BCUT2D eigenvalue weighted by Crippen LogP contribution is 2.29. The average molecular weight is 208 g/mol. The molecule has 0 amide bonds. The Balaban J connectivity index is 2.24. The molecule has 1 aliphatic rings. The minimum Gasteiger partial charge on any atom is -0.366 e. The van der Waals surface area contributed by atoms with E-state index in [1.807, 2.05) is 6.20 Å². The second-order valence-corrected chi connectivity index (χ2v) is 5.12. The van der Waals surface area contributed by atoms with Crippen LogP contribution in [0.4, 0.5) is 5.69 Å². The van der Waals surface area contributed by atoms with Gasteiger partial charge in [0.2, 0.25) is 0 Å². The molecule has 1 saturated heterocycles. The lowest BCUT2D eigenvalue weighted by Crippen LogP contribution is -2.44. The summed E-state index contributed by atoms with van der Waals surface area (Å²) in [6.45, 7) is 10.9. The normalized spacial score (nSPS) is 18.2. The van der Waals surface area contributed by atoms with Gasteiger partial charge in [0.15, 0.2) is 0 Å². The number of nitrogens with zero attached hydrogens (tertiary/aromatic N) is 2. The maximum absolute atomic E-state index is 4.18. The van der Waals surface area contributed by atoms with Crippen molar-refractivity contribution < 1.29 is 0 Å². The molecule has 1 aromatic heterocycles. The van der Waals surface area contributed by atoms with Crippen LogP contribution in [-0.2, 0) is 5.41 Å². The quantitative estimate of drug-likeness (QED) is 0.727. The number of H-pyrrole nitrogens is 1. The van der Waals surface area contributed by atoms with E-state index in [0.717, 1.165) is 26.2 Å². The van der Waals surface area contributed by atoms with E-state index in [-0.39, 0.29) is 5.41 Å². The van der Waals surface area contributed by atoms with Gasteiger partial charge >= 0.3 is 0 Å². The Hall–Kier alpha value is -1.03. The number of hydrogen-bond donors (Lipinski definition) is 2. The van der Waals surface area contributed by atoms with Gasteiger partial charge in [0, 0.05) is 31.6 Å². The van der Waals surface area contributed by atoms with Gasteiger partial charge in [0.1, 0.15) is 0 Å². The number of hydrogen-bond acceptors (Lipinski definition) is 3. The lowest BCUT2D eigenvalue weighted by molar-refractivity contribution is 0.551. The van der Waals surface area contributed by atoms with Crippen LogP contribution >= 0.6 is 0 Å². The molecule has 0 saturated carbocycles. The summed E-state index contributed by atoms with van der Waals surface area (Å²) in [5.74, 6) is 0. The van der Waals surface area contributed by atoms with Gasteiger partial charge in [-0.3, -0.25) is 5.10 Å². The molecule has 2 N–H and O–H groups in total. The van der Waals surface area contributed by atoms with E-state index in [4.69, 9.17) is 0 Å². The SMILES string of the molecule is CC(C)(C)c1[nH]ncc1N1CCNCC1. The molecule has 2 heterocycles. The van der Waals surface area contributed by atoms with E-state index >= 15 is 0 Å². The molecule has 1 aromatic rings. The molecule has 1 fully saturated rings. The maximum atomic E-state index is 4.18. The average Bonchev–Trinajstić information content (AvgIpc) is 2.67. The van der Waals surface area contributed by atoms with Crippen molar-refractivity contribution in [3.8, 4) is 0 Å². The van der Waals surface area contributed by atoms with Crippen LogP contribution in [-0.4, -0.2) is 36.4 Å². The molecule has 0 aliphatic carbocycles. The number of aromatic amines is 1. The molecule has 0 unspecified atom stereocenters. The first kappa shape index (κ1) is 10.5. The van der Waals surface area contributed by atoms with Gasteiger partial charge in [0.05, 0.1) is 17.6 Å². The van der Waals surface area contributed by atoms with Gasteiger partial charge in [-0.1, -0.05) is 20.8 Å². The van der Waals surface area contributed by atoms with Crippen molar-refractivity contribution in [2.75, 3.05) is 31.1 Å². The standard InChI is InChI=1S/C11H20N4/c1-11(2,3)10-9(8-13-14-10)15-6-4-12-5-7-15/h8,12H,4-7H2,1-3H3,(H,13,14). The summed E-state index contributed by atoms with van der Waals surface area (Å²) in [4.78, 5) is 2.40. The molecule has 0 atom stereocenters. The van der Waals surface area contributed by atoms with Crippen LogP contribution in [0.1, 0.15) is 26.5 Å². The Kier molecular flexibility index (Phi) is 2.69. The van der Waals surface area contributed by atoms with Crippen LogP contribution in [0.3, 0.4) is 0 Å². The molecule has 0 aromatic carbocycles. The van der Waals surface area contributed by atoms with Crippen molar-refractivity contribution in [2.24, 2.45) is 0 Å². The van der Waals surface area contributed by atoms with Crippen LogP contribution in [0.15, 0.2) is 6.20 Å². The number of piperazine rings is 1. The van der Waals surface area contributed by atoms with Crippen LogP contribution < -0.4 is 10.2 Å². The molecule has 4 heteroatoms. The van der Waals surface area contributed by atoms with E-state index in [1.165, 1.54) is 11.4 Å². The number of aromatic nitrogens is 2. The molecule has 0 bridgehead atoms. The summed E-state index contributed by atoms with van der Waals surface area (Å²) in [5.41, 5.74) is 2.64. The number of anilines is 1. The minimum absolute atomic E-state index is 0.136. The summed E-state index contributed by atoms with van der Waals surface area (Å²) in [7, 11) is 0. The van der Waals surface area contributed by atoms with Crippen molar-refractivity contribution in [3.05, 3.63) is 11.9 Å². The van der Waals surface area contributed by atoms with Crippen molar-refractivity contribution in [2.45, 2.75) is 26.2 Å². The fraction of sp³-hybridized carbons (Fsp3) is 0.727. The van der Waals surface area contributed by atoms with E-state index in [9.17, 15) is 0 Å². The molecule has 0 spiro atoms. The van der Waals surface area contributed by atoms with Crippen LogP contribution in [0.5, 0.6) is 0 Å². The summed E-state index contributed by atoms with van der Waals surface area (Å²) in [6.07, 6.45) is 1.95. The predicted molar refractivity (Wildman–Crippen MR) is 62.4 cm³/mol. The molecule has 1 aliphatic heterocycles. The van der Waals surface area contributed by atoms with Crippen LogP contribution in [0, 0.1) is 0 Å². The molecule has 4 nitrogen and oxygen atoms in total. The van der Waals surface area contributed by atoms with Crippen LogP contribution in [0.25, 0.3) is 0 Å². The summed E-state index contributed by atoms with van der Waals surface area (Å²) < 4.78 is 0. The van der Waals surface area contributed by atoms with Gasteiger partial charge < -0.3 is 10.2 Å². The zero-order valence-electron chi connectivity index (χ0n) is 9.80. The molecule has 0 radical (unpaired) electrons. The smallest absolute Gasteiger partial charge is 0.0788 e. The molecule has 2 rings (SSSR count). The third-order valence-electron chi connectivity index (χ3n) is 2.83. The van der Waals surface area contributed by atoms with E-state index in [0.29, 0.717) is 0 Å². The Morgan fingerprint density at radius 1 is 1.27 bits per heavy atom. The Morgan fingerprint density at radius 3 is 2.53 bits per heavy atom. The maximum Gasteiger partial charge on any atom is 0.0788 e. The van der Waals surface area contributed by atoms with Crippen molar-refractivity contribution in [1.82, 2.24) is 15.5 Å². The van der Waals surface area contributed by atoms with Crippen LogP contribution in [0.2, 0.25) is 0 Å². The van der Waals surface area contributed by atoms with E-state index < -0.39 is 0 Å². The molecule has 15 heavy (non-hydrogen) atoms. The number of rotatable bonds is 1. The van der Waals surface area contributed by atoms with Crippen molar-refractivity contribution >= 4 is 5.69 Å². The van der Waals surface area contributed by atoms with Gasteiger partial charge in [-0.25, -0.2) is 0 Å². The fourth-order valence-electron chi connectivity index (χ4n) is 1.98. The highest BCUT2D eigenvalue weighted by Gasteiger charge is 2.23. The van der Waals surface area contributed by atoms with Gasteiger partial charge in [-0.05, 0) is 0 Å². The lowest BCUT2D eigenvalue weighted by Gasteiger charge is -2.31. The Labute approximate surface area is 91.1 Å². The van der Waals surface area contributed by atoms with Crippen molar-refractivity contribution in [3.63, 3.8) is 0 Å². The Bertz CT molecular complexity index is 318. The van der Waals surface area contributed by atoms with E-state index in [2.05, 4.69) is 41.2 Å². The lowest BCUT2D eigenvalue weighted by atomic mass is 9.91. The highest BCUT2D eigenvalue weighted by molar-refractivity contribution is 5.52. The Morgan fingerprint density at radius 2 is 1.93 bits per heavy atom. The molecular weight excluding hydrogens is 188 g/mol. The molecular formula is C11H20N4. The second-order valence-electron chi connectivity index (χ2n) is 5.12. The third kappa shape index (κ3) is 2.15. The van der Waals surface area contributed by atoms with Gasteiger partial charge in [0.25, 0.3) is 0 Å². The summed E-state index contributed by atoms with van der Waals surface area (Å²) in [6, 6.07) is 0. The van der Waals surface area contributed by atoms with E-state index in [1.54, 1.807) is 0 Å². The first-order valence-corrected chi connectivity index (χ1v) is 5.58. The largest absolute Gasteiger partial charge is 0.366 e. The van der Waals surface area contributed by atoms with Gasteiger partial charge in [-0.2, -0.15) is 5.10 Å². The number of nitrogens with one attached hydrogen (secondary N) is 2. The highest BCUT2D eigenvalue weighted by atomic mass is 15.2. The minimum atomic E-state index is 0.136. The first-order chi connectivity index (χ1) is 7.09. The topological polar surface area (TPSA) is 44.0 Å². The monoisotopic (exact) mass is 208 g/mol. The molecule has 84 valence electrons. The third-order valence-corrected chi connectivity index (χ3v) is 2.83. The second kappa shape index (κ2) is 3.85. The fourth-order valence-corrected chi connectivity index (χ4v) is 1.98.